The Kier molecular flexibility index (Phi) is 6.77. The van der Waals surface area contributed by atoms with Gasteiger partial charge >= 0.3 is 0 Å². The van der Waals surface area contributed by atoms with Crippen LogP contribution in [-0.2, 0) is 4.79 Å². The number of thioether (sulfide) groups is 1. The number of carbonyl (C=O) groups excluding carboxylic acids is 1. The second kappa shape index (κ2) is 9.48. The number of benzene rings is 2. The van der Waals surface area contributed by atoms with Gasteiger partial charge in [0.15, 0.2) is 5.16 Å². The molecule has 1 heterocycles. The fourth-order valence-electron chi connectivity index (χ4n) is 2.63. The molecule has 152 valence electrons. The van der Waals surface area contributed by atoms with Crippen LogP contribution in [-0.4, -0.2) is 28.2 Å². The highest BCUT2D eigenvalue weighted by Crippen LogP contribution is 2.28. The van der Waals surface area contributed by atoms with Gasteiger partial charge in [0, 0.05) is 11.3 Å². The van der Waals surface area contributed by atoms with Gasteiger partial charge in [-0.1, -0.05) is 53.7 Å². The average Bonchev–Trinajstić information content (AvgIpc) is 2.74. The first kappa shape index (κ1) is 21.4. The van der Waals surface area contributed by atoms with E-state index in [9.17, 15) is 14.9 Å². The molecule has 9 heteroatoms. The van der Waals surface area contributed by atoms with Crippen molar-refractivity contribution < 1.29 is 9.53 Å². The number of nitrogens with zero attached hydrogens (tertiary/aromatic N) is 2. The zero-order valence-electron chi connectivity index (χ0n) is 16.1. The number of nitriles is 1. The number of anilines is 1. The Bertz CT molecular complexity index is 1180. The molecule has 0 aliphatic carbocycles. The van der Waals surface area contributed by atoms with Crippen molar-refractivity contribution in [2.45, 2.75) is 17.3 Å². The highest BCUT2D eigenvalue weighted by molar-refractivity contribution is 8.00. The van der Waals surface area contributed by atoms with Crippen molar-refractivity contribution in [3.05, 3.63) is 69.5 Å². The summed E-state index contributed by atoms with van der Waals surface area (Å²) in [6.07, 6.45) is 0. The van der Waals surface area contributed by atoms with E-state index in [0.717, 1.165) is 11.8 Å². The predicted molar refractivity (Wildman–Crippen MR) is 117 cm³/mol. The zero-order chi connectivity index (χ0) is 21.7. The number of aromatic amines is 1. The van der Waals surface area contributed by atoms with Gasteiger partial charge in [0.2, 0.25) is 5.91 Å². The van der Waals surface area contributed by atoms with Crippen LogP contribution in [0.25, 0.3) is 11.3 Å². The molecule has 1 aromatic heterocycles. The lowest BCUT2D eigenvalue weighted by Crippen LogP contribution is -2.23. The molecule has 0 aliphatic rings. The first-order valence-electron chi connectivity index (χ1n) is 8.83. The van der Waals surface area contributed by atoms with E-state index in [1.807, 2.05) is 12.1 Å². The number of amides is 1. The van der Waals surface area contributed by atoms with Gasteiger partial charge < -0.3 is 15.0 Å². The molecule has 0 bridgehead atoms. The Morgan fingerprint density at radius 1 is 1.30 bits per heavy atom. The van der Waals surface area contributed by atoms with Gasteiger partial charge in [0.05, 0.1) is 23.1 Å². The predicted octanol–water partition coefficient (Wildman–Crippen LogP) is 4.09. The number of hydrogen-bond acceptors (Lipinski definition) is 6. The van der Waals surface area contributed by atoms with Crippen LogP contribution in [0.4, 0.5) is 5.69 Å². The third-order valence-corrected chi connectivity index (χ3v) is 5.41. The second-order valence-electron chi connectivity index (χ2n) is 6.17. The van der Waals surface area contributed by atoms with E-state index in [1.165, 1.54) is 7.11 Å². The van der Waals surface area contributed by atoms with Gasteiger partial charge in [-0.3, -0.25) is 9.59 Å². The summed E-state index contributed by atoms with van der Waals surface area (Å²) in [5.41, 5.74) is 0.814. The molecule has 2 N–H and O–H groups in total. The minimum absolute atomic E-state index is 0.0736. The average molecular weight is 441 g/mol. The Morgan fingerprint density at radius 2 is 2.03 bits per heavy atom. The topological polar surface area (TPSA) is 108 Å². The van der Waals surface area contributed by atoms with E-state index in [4.69, 9.17) is 16.3 Å². The molecular formula is C21H17ClN4O3S. The van der Waals surface area contributed by atoms with Crippen molar-refractivity contribution in [3.63, 3.8) is 0 Å². The van der Waals surface area contributed by atoms with Crippen molar-refractivity contribution in [2.75, 3.05) is 12.4 Å². The molecule has 7 nitrogen and oxygen atoms in total. The van der Waals surface area contributed by atoms with E-state index in [1.54, 1.807) is 49.4 Å². The molecule has 1 amide bonds. The Morgan fingerprint density at radius 3 is 2.67 bits per heavy atom. The molecule has 0 unspecified atom stereocenters. The van der Waals surface area contributed by atoms with E-state index >= 15 is 0 Å². The van der Waals surface area contributed by atoms with Crippen molar-refractivity contribution in [3.8, 4) is 23.1 Å². The van der Waals surface area contributed by atoms with Crippen molar-refractivity contribution >= 4 is 35.0 Å². The number of rotatable bonds is 6. The number of carbonyl (C=O) groups is 1. The van der Waals surface area contributed by atoms with Gasteiger partial charge in [-0.2, -0.15) is 5.26 Å². The number of aromatic nitrogens is 2. The molecule has 1 atom stereocenters. The van der Waals surface area contributed by atoms with Crippen LogP contribution in [0.15, 0.2) is 58.5 Å². The van der Waals surface area contributed by atoms with Gasteiger partial charge in [0.25, 0.3) is 5.56 Å². The van der Waals surface area contributed by atoms with E-state index < -0.39 is 10.8 Å². The standard InChI is InChI=1S/C21H17ClN4O3S/c1-12(19(27)24-14-8-9-17(29-2)16(22)10-14)30-21-25-18(13-6-4-3-5-7-13)15(11-23)20(28)26-21/h3-10,12H,1-2H3,(H,24,27)(H,25,26,28)/t12-/m0/s1. The SMILES string of the molecule is COc1ccc(NC(=O)[C@H](C)Sc2nc(-c3ccccc3)c(C#N)c(=O)[nH]2)cc1Cl. The van der Waals surface area contributed by atoms with Gasteiger partial charge in [-0.25, -0.2) is 4.98 Å². The molecule has 0 saturated carbocycles. The molecule has 30 heavy (non-hydrogen) atoms. The number of methoxy groups -OCH3 is 1. The lowest BCUT2D eigenvalue weighted by Gasteiger charge is -2.13. The van der Waals surface area contributed by atoms with Crippen LogP contribution in [0.5, 0.6) is 5.75 Å². The quantitative estimate of drug-likeness (QED) is 0.441. The summed E-state index contributed by atoms with van der Waals surface area (Å²) in [5.74, 6) is 0.208. The summed E-state index contributed by atoms with van der Waals surface area (Å²) < 4.78 is 5.10. The van der Waals surface area contributed by atoms with Crippen LogP contribution < -0.4 is 15.6 Å². The van der Waals surface area contributed by atoms with Gasteiger partial charge in [-0.05, 0) is 25.1 Å². The van der Waals surface area contributed by atoms with E-state index in [2.05, 4.69) is 15.3 Å². The fourth-order valence-corrected chi connectivity index (χ4v) is 3.68. The minimum atomic E-state index is -0.578. The van der Waals surface area contributed by atoms with Crippen molar-refractivity contribution in [1.82, 2.24) is 9.97 Å². The molecule has 0 saturated heterocycles. The van der Waals surface area contributed by atoms with Crippen molar-refractivity contribution in [1.29, 1.82) is 5.26 Å². The summed E-state index contributed by atoms with van der Waals surface area (Å²) in [5, 5.41) is 12.2. The van der Waals surface area contributed by atoms with Crippen LogP contribution in [0.2, 0.25) is 5.02 Å². The number of ether oxygens (including phenoxy) is 1. The van der Waals surface area contributed by atoms with Crippen molar-refractivity contribution in [2.24, 2.45) is 0 Å². The Balaban J connectivity index is 1.81. The maximum absolute atomic E-state index is 12.6. The summed E-state index contributed by atoms with van der Waals surface area (Å²) in [4.78, 5) is 31.9. The zero-order valence-corrected chi connectivity index (χ0v) is 17.7. The summed E-state index contributed by atoms with van der Waals surface area (Å²) in [6, 6.07) is 15.8. The first-order valence-corrected chi connectivity index (χ1v) is 10.1. The van der Waals surface area contributed by atoms with Gasteiger partial charge in [0.1, 0.15) is 17.4 Å². The number of H-pyrrole nitrogens is 1. The van der Waals surface area contributed by atoms with Crippen LogP contribution >= 0.6 is 23.4 Å². The number of hydrogen-bond donors (Lipinski definition) is 2. The van der Waals surface area contributed by atoms with Gasteiger partial charge in [-0.15, -0.1) is 0 Å². The minimum Gasteiger partial charge on any atom is -0.495 e. The molecule has 3 rings (SSSR count). The normalized spacial score (nSPS) is 11.4. The maximum atomic E-state index is 12.6. The molecule has 2 aromatic carbocycles. The smallest absolute Gasteiger partial charge is 0.270 e. The van der Waals surface area contributed by atoms with Crippen LogP contribution in [0.3, 0.4) is 0 Å². The maximum Gasteiger partial charge on any atom is 0.270 e. The highest BCUT2D eigenvalue weighted by Gasteiger charge is 2.19. The lowest BCUT2D eigenvalue weighted by atomic mass is 10.1. The monoisotopic (exact) mass is 440 g/mol. The van der Waals surface area contributed by atoms with E-state index in [0.29, 0.717) is 22.0 Å². The molecular weight excluding hydrogens is 424 g/mol. The molecule has 0 spiro atoms. The summed E-state index contributed by atoms with van der Waals surface area (Å²) in [7, 11) is 1.51. The summed E-state index contributed by atoms with van der Waals surface area (Å²) in [6.45, 7) is 1.69. The van der Waals surface area contributed by atoms with Crippen LogP contribution in [0.1, 0.15) is 12.5 Å². The molecule has 0 fully saturated rings. The number of nitrogens with one attached hydrogen (secondary N) is 2. The van der Waals surface area contributed by atoms with E-state index in [-0.39, 0.29) is 22.3 Å². The third kappa shape index (κ3) is 4.82. The Hall–Kier alpha value is -3.28. The Labute approximate surface area is 182 Å². The largest absolute Gasteiger partial charge is 0.495 e. The first-order chi connectivity index (χ1) is 14.4. The van der Waals surface area contributed by atoms with Crippen LogP contribution in [0, 0.1) is 11.3 Å². The molecule has 0 radical (unpaired) electrons. The highest BCUT2D eigenvalue weighted by atomic mass is 35.5. The molecule has 3 aromatic rings. The third-order valence-electron chi connectivity index (χ3n) is 4.13. The fraction of sp³-hybridized carbons (Fsp3) is 0.143. The number of halogens is 1. The molecule has 0 aliphatic heterocycles. The summed E-state index contributed by atoms with van der Waals surface area (Å²) >= 11 is 7.17. The lowest BCUT2D eigenvalue weighted by molar-refractivity contribution is -0.115. The second-order valence-corrected chi connectivity index (χ2v) is 7.91.